The molecule has 3 aromatic carbocycles. The number of anilines is 2. The number of carbonyl (C=O) groups excluding carboxylic acids is 4. The van der Waals surface area contributed by atoms with Gasteiger partial charge in [-0.2, -0.15) is 0 Å². The van der Waals surface area contributed by atoms with Crippen molar-refractivity contribution in [3.63, 3.8) is 0 Å². The number of hydrogen-bond donors (Lipinski definition) is 4. The average molecular weight is 1080 g/mol. The Hall–Kier alpha value is -6.74. The first kappa shape index (κ1) is 55.5. The predicted octanol–water partition coefficient (Wildman–Crippen LogP) is 8.14. The molecule has 8 rings (SSSR count). The summed E-state index contributed by atoms with van der Waals surface area (Å²) in [4.78, 5) is 74.9. The third-order valence-electron chi connectivity index (χ3n) is 13.9. The Morgan fingerprint density at radius 3 is 2.43 bits per heavy atom. The SMILES string of the molecule is COc1cc2ncnc(Nc3ccc(F)c(Cl)c3)c2cc1OCCCN1CCN(C(=O)CCCCCNC(=O)C[C@H](NC(=O)[C@@H]2C[C@@H](O)CN2C(=O)[C@@H](c2cc(C)no2)C(C)C)c2ccc(-c3scnc3C)cc2)CC1. The van der Waals surface area contributed by atoms with Crippen molar-refractivity contribution in [2.75, 3.05) is 64.8 Å². The van der Waals surface area contributed by atoms with Crippen molar-refractivity contribution >= 4 is 69.0 Å². The monoisotopic (exact) mass is 1080 g/mol. The number of rotatable bonds is 23. The van der Waals surface area contributed by atoms with Crippen LogP contribution in [0.15, 0.2) is 77.0 Å². The molecule has 0 spiro atoms. The highest BCUT2D eigenvalue weighted by atomic mass is 35.5. The second-order valence-corrected chi connectivity index (χ2v) is 21.0. The Kier molecular flexibility index (Phi) is 18.9. The first-order valence-electron chi connectivity index (χ1n) is 25.8. The van der Waals surface area contributed by atoms with Gasteiger partial charge in [0.25, 0.3) is 0 Å². The highest BCUT2D eigenvalue weighted by molar-refractivity contribution is 7.13. The van der Waals surface area contributed by atoms with Crippen molar-refractivity contribution < 1.29 is 42.7 Å². The Labute approximate surface area is 450 Å². The fourth-order valence-electron chi connectivity index (χ4n) is 9.77. The summed E-state index contributed by atoms with van der Waals surface area (Å²) < 4.78 is 31.1. The van der Waals surface area contributed by atoms with E-state index < -0.39 is 35.8 Å². The Balaban J connectivity index is 0.769. The standard InChI is InChI=1S/C55H66ClFN10O8S/c1-33(2)51(48-24-34(3)64-75-48)55(72)67-30-39(68)26-45(67)54(71)63-43(36-11-13-37(14-12-36)52-35(4)61-32-76-52)29-49(69)58-17-8-6-7-10-50(70)66-21-19-65(20-22-66)18-9-23-74-47-27-40-44(28-46(47)73-5)59-31-60-53(40)62-38-15-16-42(57)41(56)25-38/h11-16,24-25,27-28,31-33,39,43,45,51,68H,6-10,17-23,26,29-30H2,1-5H3,(H,58,69)(H,63,71)(H,59,60,62)/t39-,43+,45+,51-/m1/s1. The zero-order valence-electron chi connectivity index (χ0n) is 43.5. The molecule has 3 aromatic heterocycles. The average Bonchev–Trinajstić information content (AvgIpc) is 4.19. The van der Waals surface area contributed by atoms with Crippen LogP contribution in [-0.2, 0) is 19.2 Å². The van der Waals surface area contributed by atoms with Crippen LogP contribution in [0.1, 0.15) is 93.5 Å². The molecule has 0 unspecified atom stereocenters. The second-order valence-electron chi connectivity index (χ2n) is 19.7. The normalized spacial score (nSPS) is 16.7. The Morgan fingerprint density at radius 1 is 0.947 bits per heavy atom. The zero-order valence-corrected chi connectivity index (χ0v) is 45.1. The number of thiazole rings is 1. The summed E-state index contributed by atoms with van der Waals surface area (Å²) in [6, 6.07) is 15.7. The summed E-state index contributed by atoms with van der Waals surface area (Å²) in [5, 5.41) is 24.7. The van der Waals surface area contributed by atoms with E-state index >= 15 is 0 Å². The summed E-state index contributed by atoms with van der Waals surface area (Å²) in [5.74, 6) is -0.327. The minimum absolute atomic E-state index is 0.00443. The van der Waals surface area contributed by atoms with Gasteiger partial charge in [-0.25, -0.2) is 19.3 Å². The lowest BCUT2D eigenvalue weighted by Crippen LogP contribution is -2.49. The number of β-amino-alcohol motifs (C(OH)–C–C–N with tert-alkyl or cyclic N) is 1. The van der Waals surface area contributed by atoms with Gasteiger partial charge in [-0.15, -0.1) is 11.3 Å². The lowest BCUT2D eigenvalue weighted by atomic mass is 9.91. The van der Waals surface area contributed by atoms with Crippen molar-refractivity contribution in [3.05, 3.63) is 106 Å². The number of nitrogens with one attached hydrogen (secondary N) is 3. The number of fused-ring (bicyclic) bond motifs is 1. The largest absolute Gasteiger partial charge is 0.493 e. The number of methoxy groups -OCH3 is 1. The van der Waals surface area contributed by atoms with Gasteiger partial charge in [-0.3, -0.25) is 24.1 Å². The molecule has 2 aliphatic rings. The van der Waals surface area contributed by atoms with Crippen LogP contribution in [-0.4, -0.2) is 135 Å². The van der Waals surface area contributed by atoms with E-state index in [1.54, 1.807) is 37.7 Å². The molecule has 2 fully saturated rings. The van der Waals surface area contributed by atoms with Crippen LogP contribution in [0.25, 0.3) is 21.3 Å². The van der Waals surface area contributed by atoms with E-state index in [2.05, 4.69) is 41.0 Å². The number of amides is 4. The smallest absolute Gasteiger partial charge is 0.243 e. The van der Waals surface area contributed by atoms with Crippen LogP contribution in [0.5, 0.6) is 11.5 Å². The predicted molar refractivity (Wildman–Crippen MR) is 288 cm³/mol. The number of unbranched alkanes of at least 4 members (excludes halogenated alkanes) is 2. The van der Waals surface area contributed by atoms with Crippen LogP contribution >= 0.6 is 22.9 Å². The third-order valence-corrected chi connectivity index (χ3v) is 15.1. The maximum Gasteiger partial charge on any atom is 0.243 e. The summed E-state index contributed by atoms with van der Waals surface area (Å²) >= 11 is 7.53. The van der Waals surface area contributed by atoms with E-state index in [4.69, 9.17) is 25.6 Å². The van der Waals surface area contributed by atoms with Crippen LogP contribution in [0.3, 0.4) is 0 Å². The molecular formula is C55H66ClFN10O8S. The third kappa shape index (κ3) is 14.0. The number of aliphatic hydroxyl groups is 1. The molecule has 21 heteroatoms. The molecule has 404 valence electrons. The van der Waals surface area contributed by atoms with Crippen LogP contribution in [0.4, 0.5) is 15.9 Å². The fraction of sp³-hybridized carbons (Fsp3) is 0.455. The van der Waals surface area contributed by atoms with Crippen molar-refractivity contribution in [2.45, 2.75) is 96.7 Å². The van der Waals surface area contributed by atoms with Gasteiger partial charge in [-0.05, 0) is 74.4 Å². The maximum atomic E-state index is 14.2. The number of ether oxygens (including phenoxy) is 2. The zero-order chi connectivity index (χ0) is 53.9. The molecule has 76 heavy (non-hydrogen) atoms. The first-order chi connectivity index (χ1) is 36.6. The van der Waals surface area contributed by atoms with Crippen molar-refractivity contribution in [2.24, 2.45) is 5.92 Å². The van der Waals surface area contributed by atoms with Gasteiger partial charge in [0, 0.05) is 81.9 Å². The molecule has 18 nitrogen and oxygen atoms in total. The van der Waals surface area contributed by atoms with Crippen molar-refractivity contribution in [3.8, 4) is 21.9 Å². The molecule has 0 saturated carbocycles. The second kappa shape index (κ2) is 25.9. The van der Waals surface area contributed by atoms with E-state index in [9.17, 15) is 28.7 Å². The number of aromatic nitrogens is 4. The van der Waals surface area contributed by atoms with Crippen LogP contribution < -0.4 is 25.4 Å². The Bertz CT molecular complexity index is 2970. The van der Waals surface area contributed by atoms with Gasteiger partial charge >= 0.3 is 0 Å². The number of carbonyl (C=O) groups is 4. The summed E-state index contributed by atoms with van der Waals surface area (Å²) in [7, 11) is 1.57. The molecule has 5 heterocycles. The number of benzene rings is 3. The number of hydrogen-bond acceptors (Lipinski definition) is 15. The summed E-state index contributed by atoms with van der Waals surface area (Å²) in [6.07, 6.45) is 3.82. The number of nitrogens with zero attached hydrogens (tertiary/aromatic N) is 7. The fourth-order valence-corrected chi connectivity index (χ4v) is 10.8. The molecule has 0 radical (unpaired) electrons. The van der Waals surface area contributed by atoms with Gasteiger partial charge in [-0.1, -0.05) is 61.3 Å². The summed E-state index contributed by atoms with van der Waals surface area (Å²) in [5.41, 5.74) is 6.23. The number of halogens is 2. The van der Waals surface area contributed by atoms with E-state index in [1.165, 1.54) is 34.7 Å². The van der Waals surface area contributed by atoms with Gasteiger partial charge in [0.15, 0.2) is 11.5 Å². The molecule has 0 aliphatic carbocycles. The number of likely N-dealkylation sites (tertiary alicyclic amines) is 1. The lowest BCUT2D eigenvalue weighted by molar-refractivity contribution is -0.141. The minimum atomic E-state index is -0.961. The topological polar surface area (TPSA) is 217 Å². The summed E-state index contributed by atoms with van der Waals surface area (Å²) in [6.45, 7) is 12.0. The molecule has 4 amide bonds. The van der Waals surface area contributed by atoms with Gasteiger partial charge in [0.2, 0.25) is 23.6 Å². The van der Waals surface area contributed by atoms with E-state index in [-0.39, 0.29) is 48.0 Å². The molecule has 2 aliphatic heterocycles. The van der Waals surface area contributed by atoms with Gasteiger partial charge < -0.3 is 44.9 Å². The lowest BCUT2D eigenvalue weighted by Gasteiger charge is -2.34. The van der Waals surface area contributed by atoms with Crippen LogP contribution in [0, 0.1) is 25.6 Å². The molecular weight excluding hydrogens is 1020 g/mol. The quantitative estimate of drug-likeness (QED) is 0.0446. The first-order valence-corrected chi connectivity index (χ1v) is 27.1. The van der Waals surface area contributed by atoms with Crippen molar-refractivity contribution in [1.82, 2.24) is 45.4 Å². The highest BCUT2D eigenvalue weighted by Gasteiger charge is 2.44. The molecule has 6 aromatic rings. The minimum Gasteiger partial charge on any atom is -0.493 e. The van der Waals surface area contributed by atoms with Crippen molar-refractivity contribution in [1.29, 1.82) is 0 Å². The van der Waals surface area contributed by atoms with Gasteiger partial charge in [0.1, 0.15) is 35.7 Å². The maximum absolute atomic E-state index is 14.2. The highest BCUT2D eigenvalue weighted by Crippen LogP contribution is 2.36. The molecule has 4 atom stereocenters. The number of aliphatic hydroxyl groups excluding tert-OH is 1. The van der Waals surface area contributed by atoms with E-state index in [1.807, 2.05) is 56.0 Å². The molecule has 0 bridgehead atoms. The van der Waals surface area contributed by atoms with Gasteiger partial charge in [0.05, 0.1) is 64.6 Å². The molecule has 2 saturated heterocycles. The van der Waals surface area contributed by atoms with E-state index in [0.29, 0.717) is 96.4 Å². The van der Waals surface area contributed by atoms with E-state index in [0.717, 1.165) is 48.6 Å². The number of aryl methyl sites for hydroxylation is 2. The Morgan fingerprint density at radius 2 is 1.74 bits per heavy atom. The number of piperazine rings is 1. The molecule has 4 N–H and O–H groups in total. The van der Waals surface area contributed by atoms with Crippen LogP contribution in [0.2, 0.25) is 5.02 Å².